The lowest BCUT2D eigenvalue weighted by atomic mass is 10.0. The fraction of sp³-hybridized carbons (Fsp3) is 0.562. The number of amides is 1. The number of nitrogens with one attached hydrogen (secondary N) is 1. The first kappa shape index (κ1) is 15.6. The molecule has 0 aliphatic heterocycles. The van der Waals surface area contributed by atoms with E-state index in [1.165, 1.54) is 0 Å². The third kappa shape index (κ3) is 3.72. The summed E-state index contributed by atoms with van der Waals surface area (Å²) >= 11 is 0. The van der Waals surface area contributed by atoms with E-state index < -0.39 is 0 Å². The summed E-state index contributed by atoms with van der Waals surface area (Å²) in [7, 11) is 0. The molecule has 3 rings (SSSR count). The number of carbonyl (C=O) groups excluding carboxylic acids is 1. The maximum Gasteiger partial charge on any atom is 0.253 e. The molecule has 1 aliphatic rings. The van der Waals surface area contributed by atoms with Crippen molar-refractivity contribution in [2.24, 2.45) is 5.92 Å². The third-order valence-corrected chi connectivity index (χ3v) is 4.30. The zero-order valence-electron chi connectivity index (χ0n) is 13.5. The highest BCUT2D eigenvalue weighted by Crippen LogP contribution is 2.28. The molecule has 1 saturated carbocycles. The Morgan fingerprint density at radius 3 is 2.87 bits per heavy atom. The highest BCUT2D eigenvalue weighted by molar-refractivity contribution is 5.95. The molecule has 23 heavy (non-hydrogen) atoms. The zero-order chi connectivity index (χ0) is 16.2. The van der Waals surface area contributed by atoms with Crippen molar-refractivity contribution in [2.45, 2.75) is 52.0 Å². The highest BCUT2D eigenvalue weighted by Gasteiger charge is 2.28. The summed E-state index contributed by atoms with van der Waals surface area (Å²) in [5.41, 5.74) is 1.24. The summed E-state index contributed by atoms with van der Waals surface area (Å²) in [6, 6.07) is 1.89. The first-order chi connectivity index (χ1) is 11.2. The largest absolute Gasteiger partial charge is 0.425 e. The van der Waals surface area contributed by atoms with Gasteiger partial charge < -0.3 is 9.73 Å². The summed E-state index contributed by atoms with van der Waals surface area (Å²) in [5, 5.41) is 18.9. The van der Waals surface area contributed by atoms with E-state index in [1.54, 1.807) is 19.2 Å². The lowest BCUT2D eigenvalue weighted by Crippen LogP contribution is -2.33. The predicted octanol–water partition coefficient (Wildman–Crippen LogP) is 1.87. The molecule has 1 N–H and O–H groups in total. The van der Waals surface area contributed by atoms with E-state index in [9.17, 15) is 4.79 Å². The molecule has 2 atom stereocenters. The smallest absolute Gasteiger partial charge is 0.253 e. The van der Waals surface area contributed by atoms with Gasteiger partial charge in [-0.2, -0.15) is 10.2 Å². The Balaban J connectivity index is 1.53. The fourth-order valence-electron chi connectivity index (χ4n) is 3.06. The lowest BCUT2D eigenvalue weighted by Gasteiger charge is -2.13. The molecule has 1 aliphatic carbocycles. The second-order valence-electron chi connectivity index (χ2n) is 6.03. The van der Waals surface area contributed by atoms with Gasteiger partial charge >= 0.3 is 0 Å². The number of hydrogen-bond donors (Lipinski definition) is 1. The van der Waals surface area contributed by atoms with E-state index in [4.69, 9.17) is 4.42 Å². The molecule has 1 amide bonds. The Morgan fingerprint density at radius 2 is 2.13 bits per heavy atom. The molecule has 7 heteroatoms. The molecule has 1 fully saturated rings. The van der Waals surface area contributed by atoms with Crippen LogP contribution in [0.5, 0.6) is 0 Å². The Kier molecular flexibility index (Phi) is 4.64. The van der Waals surface area contributed by atoms with Crippen LogP contribution in [0.25, 0.3) is 0 Å². The minimum absolute atomic E-state index is 0.0749. The average Bonchev–Trinajstić information content (AvgIpc) is 3.17. The Morgan fingerprint density at radius 1 is 1.30 bits per heavy atom. The molecule has 2 aromatic rings. The zero-order valence-corrected chi connectivity index (χ0v) is 13.5. The van der Waals surface area contributed by atoms with Gasteiger partial charge in [0.15, 0.2) is 0 Å². The summed E-state index contributed by atoms with van der Waals surface area (Å²) in [6.07, 6.45) is 6.06. The molecule has 0 radical (unpaired) electrons. The third-order valence-electron chi connectivity index (χ3n) is 4.30. The molecule has 0 saturated heterocycles. The number of aryl methyl sites for hydroxylation is 2. The minimum Gasteiger partial charge on any atom is -0.425 e. The number of aromatic nitrogens is 4. The maximum atomic E-state index is 12.3. The van der Waals surface area contributed by atoms with Gasteiger partial charge in [0.25, 0.3) is 5.91 Å². The van der Waals surface area contributed by atoms with Crippen LogP contribution >= 0.6 is 0 Å². The SMILES string of the molecule is CCc1nnc(C[C@@H]2CC[C@H](NC(=O)c3ccnnc3C)C2)o1. The highest BCUT2D eigenvalue weighted by atomic mass is 16.4. The monoisotopic (exact) mass is 315 g/mol. The van der Waals surface area contributed by atoms with Crippen LogP contribution in [0.15, 0.2) is 16.7 Å². The van der Waals surface area contributed by atoms with Crippen molar-refractivity contribution in [3.63, 3.8) is 0 Å². The van der Waals surface area contributed by atoms with Crippen molar-refractivity contribution in [3.8, 4) is 0 Å². The van der Waals surface area contributed by atoms with E-state index in [1.807, 2.05) is 6.92 Å². The number of hydrogen-bond acceptors (Lipinski definition) is 6. The standard InChI is InChI=1S/C16H21N5O2/c1-3-14-20-21-15(23-14)9-11-4-5-12(8-11)18-16(22)13-6-7-17-19-10(13)2/h6-7,11-12H,3-5,8-9H2,1-2H3,(H,18,22)/t11-,12+/m1/s1. The summed E-state index contributed by atoms with van der Waals surface area (Å²) in [6.45, 7) is 3.79. The predicted molar refractivity (Wildman–Crippen MR) is 82.7 cm³/mol. The molecule has 0 spiro atoms. The van der Waals surface area contributed by atoms with Crippen LogP contribution in [0.3, 0.4) is 0 Å². The van der Waals surface area contributed by atoms with Crippen molar-refractivity contribution in [3.05, 3.63) is 35.3 Å². The average molecular weight is 315 g/mol. The summed E-state index contributed by atoms with van der Waals surface area (Å²) in [5.74, 6) is 1.78. The van der Waals surface area contributed by atoms with Crippen LogP contribution in [0.2, 0.25) is 0 Å². The van der Waals surface area contributed by atoms with E-state index >= 15 is 0 Å². The van der Waals surface area contributed by atoms with Crippen LogP contribution in [-0.2, 0) is 12.8 Å². The van der Waals surface area contributed by atoms with Crippen molar-refractivity contribution < 1.29 is 9.21 Å². The van der Waals surface area contributed by atoms with Crippen molar-refractivity contribution in [1.82, 2.24) is 25.7 Å². The molecule has 2 heterocycles. The lowest BCUT2D eigenvalue weighted by molar-refractivity contribution is 0.0936. The summed E-state index contributed by atoms with van der Waals surface area (Å²) in [4.78, 5) is 12.3. The van der Waals surface area contributed by atoms with E-state index in [0.717, 1.165) is 32.1 Å². The Bertz CT molecular complexity index is 685. The molecule has 122 valence electrons. The first-order valence-corrected chi connectivity index (χ1v) is 8.06. The van der Waals surface area contributed by atoms with Gasteiger partial charge in [-0.25, -0.2) is 0 Å². The van der Waals surface area contributed by atoms with Crippen LogP contribution in [-0.4, -0.2) is 32.3 Å². The molecule has 0 aromatic carbocycles. The van der Waals surface area contributed by atoms with Crippen molar-refractivity contribution >= 4 is 5.91 Å². The molecule has 0 unspecified atom stereocenters. The van der Waals surface area contributed by atoms with Crippen molar-refractivity contribution in [2.75, 3.05) is 0 Å². The minimum atomic E-state index is -0.0749. The topological polar surface area (TPSA) is 93.8 Å². The van der Waals surface area contributed by atoms with Gasteiger partial charge in [0.05, 0.1) is 17.5 Å². The molecular formula is C16H21N5O2. The van der Waals surface area contributed by atoms with Gasteiger partial charge in [0, 0.05) is 18.9 Å². The van der Waals surface area contributed by atoms with Crippen molar-refractivity contribution in [1.29, 1.82) is 0 Å². The first-order valence-electron chi connectivity index (χ1n) is 8.06. The fourth-order valence-corrected chi connectivity index (χ4v) is 3.06. The molecule has 7 nitrogen and oxygen atoms in total. The Hall–Kier alpha value is -2.31. The van der Waals surface area contributed by atoms with E-state index in [0.29, 0.717) is 29.0 Å². The summed E-state index contributed by atoms with van der Waals surface area (Å²) < 4.78 is 5.57. The quantitative estimate of drug-likeness (QED) is 0.905. The van der Waals surface area contributed by atoms with Crippen LogP contribution in [0.1, 0.15) is 54.0 Å². The second kappa shape index (κ2) is 6.85. The molecule has 2 aromatic heterocycles. The number of carbonyl (C=O) groups is 1. The molecule has 0 bridgehead atoms. The van der Waals surface area contributed by atoms with Gasteiger partial charge in [-0.1, -0.05) is 6.92 Å². The van der Waals surface area contributed by atoms with Crippen LogP contribution < -0.4 is 5.32 Å². The van der Waals surface area contributed by atoms with Gasteiger partial charge in [-0.3, -0.25) is 4.79 Å². The van der Waals surface area contributed by atoms with Gasteiger partial charge in [0.2, 0.25) is 11.8 Å². The maximum absolute atomic E-state index is 12.3. The second-order valence-corrected chi connectivity index (χ2v) is 6.03. The Labute approximate surface area is 134 Å². The molecular weight excluding hydrogens is 294 g/mol. The number of rotatable bonds is 5. The van der Waals surface area contributed by atoms with E-state index in [-0.39, 0.29) is 11.9 Å². The van der Waals surface area contributed by atoms with Gasteiger partial charge in [-0.15, -0.1) is 10.2 Å². The van der Waals surface area contributed by atoms with Crippen LogP contribution in [0.4, 0.5) is 0 Å². The normalized spacial score (nSPS) is 20.6. The van der Waals surface area contributed by atoms with E-state index in [2.05, 4.69) is 25.7 Å². The van der Waals surface area contributed by atoms with Gasteiger partial charge in [0.1, 0.15) is 0 Å². The van der Waals surface area contributed by atoms with Gasteiger partial charge in [-0.05, 0) is 38.2 Å². The number of nitrogens with zero attached hydrogens (tertiary/aromatic N) is 4. The van der Waals surface area contributed by atoms with Crippen LogP contribution in [0, 0.1) is 12.8 Å².